The lowest BCUT2D eigenvalue weighted by Crippen LogP contribution is -2.37. The summed E-state index contributed by atoms with van der Waals surface area (Å²) in [6.45, 7) is -0.0800. The molecule has 1 atom stereocenters. The van der Waals surface area contributed by atoms with Gasteiger partial charge in [0.05, 0.1) is 6.10 Å². The highest BCUT2D eigenvalue weighted by atomic mass is 16.5. The van der Waals surface area contributed by atoms with Crippen LogP contribution in [0.5, 0.6) is 0 Å². The van der Waals surface area contributed by atoms with E-state index in [9.17, 15) is 14.7 Å². The van der Waals surface area contributed by atoms with Crippen LogP contribution in [0.1, 0.15) is 11.7 Å². The Hall–Kier alpha value is -3.13. The Morgan fingerprint density at radius 2 is 2.12 bits per heavy atom. The molecule has 124 valence electrons. The van der Waals surface area contributed by atoms with Crippen LogP contribution in [0, 0.1) is 0 Å². The van der Waals surface area contributed by atoms with Crippen LogP contribution in [0.2, 0.25) is 0 Å². The van der Waals surface area contributed by atoms with Gasteiger partial charge >= 0.3 is 11.8 Å². The van der Waals surface area contributed by atoms with Gasteiger partial charge in [0.25, 0.3) is 0 Å². The van der Waals surface area contributed by atoms with Crippen LogP contribution in [0.3, 0.4) is 0 Å². The second-order valence-corrected chi connectivity index (χ2v) is 5.31. The van der Waals surface area contributed by atoms with Crippen LogP contribution < -0.4 is 10.6 Å². The molecule has 8 nitrogen and oxygen atoms in total. The van der Waals surface area contributed by atoms with Crippen molar-refractivity contribution in [3.05, 3.63) is 48.4 Å². The van der Waals surface area contributed by atoms with Crippen molar-refractivity contribution in [2.75, 3.05) is 11.9 Å². The number of nitrogens with zero attached hydrogens (tertiary/aromatic N) is 2. The number of hydrogen-bond acceptors (Lipinski definition) is 5. The van der Waals surface area contributed by atoms with Gasteiger partial charge in [0, 0.05) is 31.4 Å². The number of carbonyl (C=O) groups is 2. The Morgan fingerprint density at radius 3 is 2.88 bits per heavy atom. The van der Waals surface area contributed by atoms with Gasteiger partial charge in [0.15, 0.2) is 5.82 Å². The lowest BCUT2D eigenvalue weighted by atomic mass is 10.1. The van der Waals surface area contributed by atoms with Crippen molar-refractivity contribution < 1.29 is 19.2 Å². The molecule has 0 saturated carbocycles. The first-order valence-electron chi connectivity index (χ1n) is 7.27. The number of aryl methyl sites for hydroxylation is 1. The molecule has 0 aliphatic carbocycles. The first-order valence-corrected chi connectivity index (χ1v) is 7.27. The fraction of sp³-hybridized carbons (Fsp3) is 0.188. The Morgan fingerprint density at radius 1 is 1.29 bits per heavy atom. The van der Waals surface area contributed by atoms with E-state index in [2.05, 4.69) is 20.3 Å². The Labute approximate surface area is 137 Å². The van der Waals surface area contributed by atoms with E-state index in [0.717, 1.165) is 10.9 Å². The van der Waals surface area contributed by atoms with Crippen molar-refractivity contribution in [1.82, 2.24) is 15.0 Å². The molecule has 2 heterocycles. The largest absolute Gasteiger partial charge is 0.387 e. The number of rotatable bonds is 4. The summed E-state index contributed by atoms with van der Waals surface area (Å²) in [5.41, 5.74) is 1.70. The number of hydrogen-bond donors (Lipinski definition) is 3. The number of fused-ring (bicyclic) bond motifs is 1. The molecule has 0 saturated heterocycles. The quantitative estimate of drug-likeness (QED) is 0.618. The van der Waals surface area contributed by atoms with Gasteiger partial charge in [-0.15, -0.1) is 0 Å². The molecule has 3 N–H and O–H groups in total. The number of anilines is 1. The molecule has 3 rings (SSSR count). The van der Waals surface area contributed by atoms with Gasteiger partial charge in [-0.2, -0.15) is 0 Å². The zero-order chi connectivity index (χ0) is 17.1. The van der Waals surface area contributed by atoms with E-state index in [1.54, 1.807) is 6.07 Å². The molecule has 2 aromatic heterocycles. The summed E-state index contributed by atoms with van der Waals surface area (Å²) in [5, 5.41) is 19.3. The lowest BCUT2D eigenvalue weighted by molar-refractivity contribution is -0.136. The number of aliphatic hydroxyl groups is 1. The highest BCUT2D eigenvalue weighted by molar-refractivity contribution is 6.39. The minimum Gasteiger partial charge on any atom is -0.387 e. The standard InChI is InChI=1S/C16H16N4O4/c1-20-6-4-10-8-11(2-3-12(10)20)13(21)9-17-15(22)16(23)18-14-5-7-24-19-14/h2-8,13,21H,9H2,1H3,(H,17,22)(H,18,19,23). The molecule has 0 spiro atoms. The summed E-state index contributed by atoms with van der Waals surface area (Å²) < 4.78 is 6.52. The predicted octanol–water partition coefficient (Wildman–Crippen LogP) is 0.955. The van der Waals surface area contributed by atoms with Crippen LogP contribution in [0.4, 0.5) is 5.82 Å². The van der Waals surface area contributed by atoms with E-state index in [-0.39, 0.29) is 12.4 Å². The molecule has 0 radical (unpaired) electrons. The predicted molar refractivity (Wildman–Crippen MR) is 86.0 cm³/mol. The topological polar surface area (TPSA) is 109 Å². The molecular formula is C16H16N4O4. The molecule has 24 heavy (non-hydrogen) atoms. The van der Waals surface area contributed by atoms with Gasteiger partial charge in [-0.3, -0.25) is 14.9 Å². The molecule has 0 aliphatic rings. The van der Waals surface area contributed by atoms with E-state index in [1.807, 2.05) is 36.0 Å². The van der Waals surface area contributed by atoms with Crippen molar-refractivity contribution >= 4 is 28.5 Å². The Kier molecular flexibility index (Phi) is 4.30. The number of benzene rings is 1. The van der Waals surface area contributed by atoms with Gasteiger partial charge < -0.3 is 19.5 Å². The van der Waals surface area contributed by atoms with Crippen LogP contribution >= 0.6 is 0 Å². The van der Waals surface area contributed by atoms with E-state index >= 15 is 0 Å². The van der Waals surface area contributed by atoms with Crippen LogP contribution in [-0.2, 0) is 16.6 Å². The van der Waals surface area contributed by atoms with Crippen LogP contribution in [0.25, 0.3) is 10.9 Å². The maximum absolute atomic E-state index is 11.7. The first-order chi connectivity index (χ1) is 11.5. The minimum atomic E-state index is -0.918. The zero-order valence-corrected chi connectivity index (χ0v) is 12.9. The lowest BCUT2D eigenvalue weighted by Gasteiger charge is -2.12. The summed E-state index contributed by atoms with van der Waals surface area (Å²) in [6.07, 6.45) is 2.28. The molecule has 0 bridgehead atoms. The smallest absolute Gasteiger partial charge is 0.314 e. The van der Waals surface area contributed by atoms with Crippen molar-refractivity contribution in [2.24, 2.45) is 7.05 Å². The maximum atomic E-state index is 11.7. The normalized spacial score (nSPS) is 12.1. The van der Waals surface area contributed by atoms with E-state index in [4.69, 9.17) is 0 Å². The SMILES string of the molecule is Cn1ccc2cc(C(O)CNC(=O)C(=O)Nc3ccon3)ccc21. The Bertz CT molecular complexity index is 869. The third kappa shape index (κ3) is 3.28. The molecule has 2 amide bonds. The number of carbonyl (C=O) groups excluding carboxylic acids is 2. The zero-order valence-electron chi connectivity index (χ0n) is 12.9. The van der Waals surface area contributed by atoms with Crippen LogP contribution in [0.15, 0.2) is 47.3 Å². The highest BCUT2D eigenvalue weighted by Gasteiger charge is 2.17. The minimum absolute atomic E-state index is 0.0800. The fourth-order valence-corrected chi connectivity index (χ4v) is 2.34. The molecule has 3 aromatic rings. The summed E-state index contributed by atoms with van der Waals surface area (Å²) in [4.78, 5) is 23.4. The van der Waals surface area contributed by atoms with E-state index < -0.39 is 17.9 Å². The van der Waals surface area contributed by atoms with Crippen molar-refractivity contribution in [2.45, 2.75) is 6.10 Å². The highest BCUT2D eigenvalue weighted by Crippen LogP contribution is 2.20. The molecule has 0 aliphatic heterocycles. The summed E-state index contributed by atoms with van der Waals surface area (Å²) in [7, 11) is 1.94. The van der Waals surface area contributed by atoms with Crippen LogP contribution in [-0.4, -0.2) is 33.2 Å². The molecule has 1 unspecified atom stereocenters. The molecular weight excluding hydrogens is 312 g/mol. The average Bonchev–Trinajstić information content (AvgIpc) is 3.22. The van der Waals surface area contributed by atoms with Crippen molar-refractivity contribution in [3.63, 3.8) is 0 Å². The number of aliphatic hydroxyl groups excluding tert-OH is 1. The third-order valence-corrected chi connectivity index (χ3v) is 3.64. The van der Waals surface area contributed by atoms with Gasteiger partial charge in [-0.05, 0) is 29.1 Å². The van der Waals surface area contributed by atoms with Gasteiger partial charge in [0.1, 0.15) is 6.26 Å². The van der Waals surface area contributed by atoms with Crippen molar-refractivity contribution in [1.29, 1.82) is 0 Å². The molecule has 0 fully saturated rings. The van der Waals surface area contributed by atoms with Gasteiger partial charge in [0.2, 0.25) is 0 Å². The number of aromatic nitrogens is 2. The first kappa shape index (κ1) is 15.8. The van der Waals surface area contributed by atoms with Gasteiger partial charge in [-0.25, -0.2) is 0 Å². The molecule has 1 aromatic carbocycles. The monoisotopic (exact) mass is 328 g/mol. The van der Waals surface area contributed by atoms with E-state index in [0.29, 0.717) is 5.56 Å². The second kappa shape index (κ2) is 6.55. The van der Waals surface area contributed by atoms with Gasteiger partial charge in [-0.1, -0.05) is 11.2 Å². The average molecular weight is 328 g/mol. The molecule has 8 heteroatoms. The van der Waals surface area contributed by atoms with E-state index in [1.165, 1.54) is 12.3 Å². The summed E-state index contributed by atoms with van der Waals surface area (Å²) >= 11 is 0. The fourth-order valence-electron chi connectivity index (χ4n) is 2.34. The number of nitrogens with one attached hydrogen (secondary N) is 2. The summed E-state index contributed by atoms with van der Waals surface area (Å²) in [5.74, 6) is -1.60. The summed E-state index contributed by atoms with van der Waals surface area (Å²) in [6, 6.07) is 8.88. The second-order valence-electron chi connectivity index (χ2n) is 5.31. The third-order valence-electron chi connectivity index (χ3n) is 3.64. The van der Waals surface area contributed by atoms with Crippen molar-refractivity contribution in [3.8, 4) is 0 Å². The maximum Gasteiger partial charge on any atom is 0.314 e. The number of amides is 2. The Balaban J connectivity index is 1.58.